The number of hydrogen-bond donors (Lipinski definition) is 1. The fourth-order valence-electron chi connectivity index (χ4n) is 4.42. The third-order valence-electron chi connectivity index (χ3n) is 5.95. The maximum absolute atomic E-state index is 13.1. The van der Waals surface area contributed by atoms with Gasteiger partial charge in [0.2, 0.25) is 5.91 Å². The molecular weight excluding hydrogens is 385 g/mol. The minimum Gasteiger partial charge on any atom is -0.339 e. The molecule has 3 rings (SSSR count). The first-order valence-electron chi connectivity index (χ1n) is 8.88. The van der Waals surface area contributed by atoms with Crippen molar-refractivity contribution in [2.24, 2.45) is 0 Å². The van der Waals surface area contributed by atoms with Gasteiger partial charge in [-0.05, 0) is 38.8 Å². The number of carbonyl (C=O) groups excluding carboxylic acids is 1. The van der Waals surface area contributed by atoms with E-state index in [0.717, 1.165) is 13.1 Å². The lowest BCUT2D eigenvalue weighted by molar-refractivity contribution is -0.136. The molecule has 0 unspecified atom stereocenters. The van der Waals surface area contributed by atoms with Crippen LogP contribution < -0.4 is 5.32 Å². The van der Waals surface area contributed by atoms with Gasteiger partial charge in [-0.1, -0.05) is 12.8 Å². The smallest absolute Gasteiger partial charge is 0.244 e. The molecule has 3 fully saturated rings. The van der Waals surface area contributed by atoms with Gasteiger partial charge in [0.1, 0.15) is 0 Å². The molecule has 1 amide bonds. The number of piperazine rings is 1. The van der Waals surface area contributed by atoms with Crippen molar-refractivity contribution in [3.63, 3.8) is 0 Å². The molecule has 25 heavy (non-hydrogen) atoms. The zero-order chi connectivity index (χ0) is 16.5. The SMILES string of the molecule is CS(=O)(=O)C1(C(=O)N2CCN(C3CCCC3)CC2)CCNCC1.Cl.Cl. The summed E-state index contributed by atoms with van der Waals surface area (Å²) in [5.41, 5.74) is 0. The molecule has 0 radical (unpaired) electrons. The van der Waals surface area contributed by atoms with Crippen molar-refractivity contribution in [3.05, 3.63) is 0 Å². The topological polar surface area (TPSA) is 69.7 Å². The van der Waals surface area contributed by atoms with Crippen LogP contribution >= 0.6 is 24.8 Å². The Hall–Kier alpha value is -0.0800. The monoisotopic (exact) mass is 415 g/mol. The van der Waals surface area contributed by atoms with Crippen LogP contribution in [0.25, 0.3) is 0 Å². The second-order valence-electron chi connectivity index (χ2n) is 7.28. The van der Waals surface area contributed by atoms with Gasteiger partial charge in [0.25, 0.3) is 0 Å². The molecule has 9 heteroatoms. The van der Waals surface area contributed by atoms with Crippen molar-refractivity contribution in [1.82, 2.24) is 15.1 Å². The van der Waals surface area contributed by atoms with Crippen molar-refractivity contribution in [2.45, 2.75) is 49.3 Å². The molecule has 148 valence electrons. The lowest BCUT2D eigenvalue weighted by atomic mass is 9.94. The molecule has 2 aliphatic heterocycles. The number of sulfone groups is 1. The third kappa shape index (κ3) is 4.61. The number of halogens is 2. The van der Waals surface area contributed by atoms with Crippen LogP contribution in [0, 0.1) is 0 Å². The van der Waals surface area contributed by atoms with Gasteiger partial charge in [-0.15, -0.1) is 24.8 Å². The van der Waals surface area contributed by atoms with E-state index in [1.807, 2.05) is 0 Å². The lowest BCUT2D eigenvalue weighted by Gasteiger charge is -2.43. The molecule has 2 heterocycles. The summed E-state index contributed by atoms with van der Waals surface area (Å²) in [6.45, 7) is 4.30. The number of hydrogen-bond acceptors (Lipinski definition) is 5. The average molecular weight is 416 g/mol. The summed E-state index contributed by atoms with van der Waals surface area (Å²) >= 11 is 0. The summed E-state index contributed by atoms with van der Waals surface area (Å²) < 4.78 is 23.6. The summed E-state index contributed by atoms with van der Waals surface area (Å²) in [4.78, 5) is 17.3. The highest BCUT2D eigenvalue weighted by Gasteiger charge is 2.50. The van der Waals surface area contributed by atoms with Crippen LogP contribution in [0.4, 0.5) is 0 Å². The molecule has 2 saturated heterocycles. The Morgan fingerprint density at radius 1 is 1.00 bits per heavy atom. The van der Waals surface area contributed by atoms with Crippen LogP contribution in [0.2, 0.25) is 0 Å². The number of piperidine rings is 1. The first-order chi connectivity index (χ1) is 10.9. The van der Waals surface area contributed by atoms with Crippen molar-refractivity contribution in [1.29, 1.82) is 0 Å². The highest BCUT2D eigenvalue weighted by molar-refractivity contribution is 7.92. The molecule has 1 aliphatic carbocycles. The Morgan fingerprint density at radius 3 is 2.00 bits per heavy atom. The zero-order valence-corrected chi connectivity index (χ0v) is 17.4. The fourth-order valence-corrected chi connectivity index (χ4v) is 5.81. The summed E-state index contributed by atoms with van der Waals surface area (Å²) in [5.74, 6) is -0.160. The van der Waals surface area contributed by atoms with Crippen LogP contribution in [0.3, 0.4) is 0 Å². The normalized spacial score (nSPS) is 25.1. The van der Waals surface area contributed by atoms with Crippen molar-refractivity contribution >= 4 is 40.6 Å². The molecule has 1 saturated carbocycles. The Morgan fingerprint density at radius 2 is 1.52 bits per heavy atom. The van der Waals surface area contributed by atoms with Crippen molar-refractivity contribution in [3.8, 4) is 0 Å². The molecule has 0 aromatic heterocycles. The Balaban J connectivity index is 0.00000156. The van der Waals surface area contributed by atoms with Gasteiger partial charge in [-0.3, -0.25) is 9.69 Å². The molecule has 0 atom stereocenters. The van der Waals surface area contributed by atoms with E-state index in [0.29, 0.717) is 45.1 Å². The zero-order valence-electron chi connectivity index (χ0n) is 14.9. The van der Waals surface area contributed by atoms with Crippen LogP contribution in [-0.2, 0) is 14.6 Å². The van der Waals surface area contributed by atoms with Gasteiger partial charge in [-0.2, -0.15) is 0 Å². The Labute approximate surface area is 163 Å². The molecule has 0 spiro atoms. The Bertz CT molecular complexity index is 539. The maximum Gasteiger partial charge on any atom is 0.244 e. The molecule has 0 bridgehead atoms. The maximum atomic E-state index is 13.1. The largest absolute Gasteiger partial charge is 0.339 e. The van der Waals surface area contributed by atoms with E-state index in [9.17, 15) is 13.2 Å². The highest BCUT2D eigenvalue weighted by atomic mass is 35.5. The second kappa shape index (κ2) is 9.22. The molecule has 6 nitrogen and oxygen atoms in total. The standard InChI is InChI=1S/C16H29N3O3S.2ClH/c1-23(21,22)16(6-8-17-9-7-16)15(20)19-12-10-18(11-13-19)14-4-2-3-5-14;;/h14,17H,2-13H2,1H3;2*1H. The first-order valence-corrected chi connectivity index (χ1v) is 10.8. The van der Waals surface area contributed by atoms with Gasteiger partial charge >= 0.3 is 0 Å². The van der Waals surface area contributed by atoms with E-state index in [1.54, 1.807) is 4.90 Å². The van der Waals surface area contributed by atoms with Crippen molar-refractivity contribution in [2.75, 3.05) is 45.5 Å². The minimum absolute atomic E-state index is 0. The molecule has 0 aromatic carbocycles. The van der Waals surface area contributed by atoms with E-state index in [2.05, 4.69) is 10.2 Å². The van der Waals surface area contributed by atoms with E-state index in [1.165, 1.54) is 31.9 Å². The molecule has 3 aliphatic rings. The first kappa shape index (κ1) is 23.0. The number of carbonyl (C=O) groups is 1. The second-order valence-corrected chi connectivity index (χ2v) is 9.61. The number of nitrogens with one attached hydrogen (secondary N) is 1. The number of amides is 1. The van der Waals surface area contributed by atoms with Crippen LogP contribution in [0.1, 0.15) is 38.5 Å². The van der Waals surface area contributed by atoms with E-state index < -0.39 is 14.6 Å². The minimum atomic E-state index is -3.41. The lowest BCUT2D eigenvalue weighted by Crippen LogP contribution is -2.61. The predicted octanol–water partition coefficient (Wildman–Crippen LogP) is 1.08. The van der Waals surface area contributed by atoms with Crippen LogP contribution in [-0.4, -0.2) is 80.4 Å². The van der Waals surface area contributed by atoms with Crippen LogP contribution in [0.15, 0.2) is 0 Å². The van der Waals surface area contributed by atoms with Crippen molar-refractivity contribution < 1.29 is 13.2 Å². The third-order valence-corrected chi connectivity index (χ3v) is 7.96. The van der Waals surface area contributed by atoms with Gasteiger partial charge in [0.05, 0.1) is 0 Å². The van der Waals surface area contributed by atoms with Gasteiger partial charge in [0, 0.05) is 38.5 Å². The molecule has 0 aromatic rings. The molecule has 1 N–H and O–H groups in total. The van der Waals surface area contributed by atoms with E-state index >= 15 is 0 Å². The summed E-state index contributed by atoms with van der Waals surface area (Å²) in [6, 6.07) is 0.676. The van der Waals surface area contributed by atoms with Gasteiger partial charge < -0.3 is 10.2 Å². The van der Waals surface area contributed by atoms with Gasteiger partial charge in [-0.25, -0.2) is 8.42 Å². The van der Waals surface area contributed by atoms with Gasteiger partial charge in [0.15, 0.2) is 14.6 Å². The number of nitrogens with zero attached hydrogens (tertiary/aromatic N) is 2. The average Bonchev–Trinajstić information content (AvgIpc) is 3.08. The summed E-state index contributed by atoms with van der Waals surface area (Å²) in [6.07, 6.45) is 7.19. The quantitative estimate of drug-likeness (QED) is 0.746. The van der Waals surface area contributed by atoms with Crippen LogP contribution in [0.5, 0.6) is 0 Å². The Kier molecular flexibility index (Phi) is 8.47. The number of rotatable bonds is 3. The summed E-state index contributed by atoms with van der Waals surface area (Å²) in [5, 5.41) is 3.17. The highest BCUT2D eigenvalue weighted by Crippen LogP contribution is 2.31. The predicted molar refractivity (Wildman–Crippen MR) is 105 cm³/mol. The fraction of sp³-hybridized carbons (Fsp3) is 0.938. The van der Waals surface area contributed by atoms with E-state index in [4.69, 9.17) is 0 Å². The van der Waals surface area contributed by atoms with E-state index in [-0.39, 0.29) is 30.7 Å². The summed E-state index contributed by atoms with van der Waals surface area (Å²) in [7, 11) is -3.41. The molecular formula is C16H31Cl2N3O3S.